The van der Waals surface area contributed by atoms with Crippen molar-refractivity contribution in [2.24, 2.45) is 0 Å². The monoisotopic (exact) mass is 597 g/mol. The topological polar surface area (TPSA) is 96.0 Å². The number of carbonyl (C=O) groups is 2. The Bertz CT molecular complexity index is 1470. The Morgan fingerprint density at radius 3 is 2.34 bits per heavy atom. The number of nitrogens with zero attached hydrogens (tertiary/aromatic N) is 2. The summed E-state index contributed by atoms with van der Waals surface area (Å²) in [6.07, 6.45) is 3.94. The fraction of sp³-hybridized carbons (Fsp3) is 0.355. The Hall–Kier alpha value is -3.56. The lowest BCUT2D eigenvalue weighted by Crippen LogP contribution is -2.52. The molecule has 1 N–H and O–H groups in total. The zero-order valence-electron chi connectivity index (χ0n) is 23.5. The van der Waals surface area contributed by atoms with E-state index >= 15 is 0 Å². The summed E-state index contributed by atoms with van der Waals surface area (Å²) in [6, 6.07) is 19.2. The van der Waals surface area contributed by atoms with Crippen molar-refractivity contribution >= 4 is 39.1 Å². The Morgan fingerprint density at radius 2 is 1.71 bits per heavy atom. The molecule has 1 saturated carbocycles. The van der Waals surface area contributed by atoms with Gasteiger partial charge in [0.1, 0.15) is 18.3 Å². The predicted molar refractivity (Wildman–Crippen MR) is 161 cm³/mol. The number of hydrogen-bond donors (Lipinski definition) is 1. The Kier molecular flexibility index (Phi) is 9.94. The van der Waals surface area contributed by atoms with Crippen LogP contribution in [0.25, 0.3) is 0 Å². The van der Waals surface area contributed by atoms with Gasteiger partial charge in [-0.15, -0.1) is 0 Å². The minimum Gasteiger partial charge on any atom is -0.497 e. The largest absolute Gasteiger partial charge is 0.497 e. The van der Waals surface area contributed by atoms with Crippen molar-refractivity contribution in [3.05, 3.63) is 88.9 Å². The highest BCUT2D eigenvalue weighted by molar-refractivity contribution is 7.92. The highest BCUT2D eigenvalue weighted by atomic mass is 35.5. The minimum atomic E-state index is -4.20. The predicted octanol–water partition coefficient (Wildman–Crippen LogP) is 5.33. The molecular formula is C31H36ClN3O5S. The number of benzene rings is 3. The second-order valence-electron chi connectivity index (χ2n) is 10.3. The molecular weight excluding hydrogens is 562 g/mol. The number of aryl methyl sites for hydroxylation is 1. The fourth-order valence-corrected chi connectivity index (χ4v) is 6.57. The number of anilines is 1. The lowest BCUT2D eigenvalue weighted by atomic mass is 10.1. The van der Waals surface area contributed by atoms with Gasteiger partial charge in [-0.1, -0.05) is 54.8 Å². The van der Waals surface area contributed by atoms with E-state index in [4.69, 9.17) is 16.3 Å². The van der Waals surface area contributed by atoms with Crippen LogP contribution in [-0.4, -0.2) is 50.9 Å². The smallest absolute Gasteiger partial charge is 0.264 e. The molecule has 0 aliphatic heterocycles. The van der Waals surface area contributed by atoms with Crippen LogP contribution in [0.15, 0.2) is 77.7 Å². The van der Waals surface area contributed by atoms with Gasteiger partial charge in [0.15, 0.2) is 0 Å². The molecule has 41 heavy (non-hydrogen) atoms. The number of hydrogen-bond acceptors (Lipinski definition) is 5. The lowest BCUT2D eigenvalue weighted by molar-refractivity contribution is -0.139. The number of rotatable bonds is 11. The molecule has 0 unspecified atom stereocenters. The molecule has 1 atom stereocenters. The number of ether oxygens (including phenoxy) is 1. The number of methoxy groups -OCH3 is 1. The van der Waals surface area contributed by atoms with E-state index in [2.05, 4.69) is 5.32 Å². The van der Waals surface area contributed by atoms with Gasteiger partial charge in [-0.25, -0.2) is 8.42 Å². The molecule has 218 valence electrons. The van der Waals surface area contributed by atoms with Gasteiger partial charge in [-0.2, -0.15) is 0 Å². The second-order valence-corrected chi connectivity index (χ2v) is 12.6. The minimum absolute atomic E-state index is 0.0106. The van der Waals surface area contributed by atoms with Crippen molar-refractivity contribution < 1.29 is 22.7 Å². The van der Waals surface area contributed by atoms with Gasteiger partial charge in [0.2, 0.25) is 11.8 Å². The maximum absolute atomic E-state index is 14.1. The highest BCUT2D eigenvalue weighted by Crippen LogP contribution is 2.28. The molecule has 0 saturated heterocycles. The first-order valence-electron chi connectivity index (χ1n) is 13.7. The Balaban J connectivity index is 1.69. The van der Waals surface area contributed by atoms with E-state index in [9.17, 15) is 18.0 Å². The van der Waals surface area contributed by atoms with E-state index in [1.807, 2.05) is 31.2 Å². The first-order valence-corrected chi connectivity index (χ1v) is 15.5. The zero-order valence-corrected chi connectivity index (χ0v) is 25.1. The van der Waals surface area contributed by atoms with E-state index in [0.717, 1.165) is 41.1 Å². The molecule has 0 spiro atoms. The molecule has 0 bridgehead atoms. The third-order valence-electron chi connectivity index (χ3n) is 7.49. The van der Waals surface area contributed by atoms with E-state index < -0.39 is 28.5 Å². The second kappa shape index (κ2) is 13.4. The average molecular weight is 598 g/mol. The van der Waals surface area contributed by atoms with Crippen LogP contribution in [0.5, 0.6) is 5.75 Å². The number of amides is 2. The van der Waals surface area contributed by atoms with Crippen molar-refractivity contribution in [1.82, 2.24) is 10.2 Å². The normalized spacial score (nSPS) is 14.3. The van der Waals surface area contributed by atoms with E-state index in [1.165, 1.54) is 30.2 Å². The summed E-state index contributed by atoms with van der Waals surface area (Å²) in [6.45, 7) is 3.24. The molecule has 0 aromatic heterocycles. The molecule has 2 amide bonds. The van der Waals surface area contributed by atoms with Gasteiger partial charge in [-0.3, -0.25) is 13.9 Å². The van der Waals surface area contributed by atoms with Crippen molar-refractivity contribution in [3.8, 4) is 5.75 Å². The molecule has 1 aliphatic rings. The molecule has 4 rings (SSSR count). The molecule has 0 radical (unpaired) electrons. The first kappa shape index (κ1) is 30.4. The summed E-state index contributed by atoms with van der Waals surface area (Å²) >= 11 is 6.24. The number of halogens is 1. The number of carbonyl (C=O) groups excluding carboxylic acids is 2. The van der Waals surface area contributed by atoms with Crippen LogP contribution in [-0.2, 0) is 26.2 Å². The van der Waals surface area contributed by atoms with Crippen molar-refractivity contribution in [3.63, 3.8) is 0 Å². The summed E-state index contributed by atoms with van der Waals surface area (Å²) in [4.78, 5) is 28.9. The Morgan fingerprint density at radius 1 is 1.02 bits per heavy atom. The number of nitrogens with one attached hydrogen (secondary N) is 1. The molecule has 0 heterocycles. The van der Waals surface area contributed by atoms with Crippen LogP contribution in [0.2, 0.25) is 5.02 Å². The SMILES string of the molecule is COc1ccc(S(=O)(=O)N(CC(=O)N(Cc2ccccc2C)[C@H](C)C(=O)NC2CCCC2)c2cccc(Cl)c2)cc1. The molecule has 8 nitrogen and oxygen atoms in total. The standard InChI is InChI=1S/C31H36ClN3O5S/c1-22-9-4-5-10-24(22)20-34(23(2)31(37)33-26-12-6-7-13-26)30(36)21-35(27-14-8-11-25(32)19-27)41(38,39)29-17-15-28(40-3)16-18-29/h4-5,8-11,14-19,23,26H,6-7,12-13,20-21H2,1-3H3,(H,33,37)/t23-/m1/s1. The third kappa shape index (κ3) is 7.40. The van der Waals surface area contributed by atoms with Crippen LogP contribution in [0, 0.1) is 6.92 Å². The van der Waals surface area contributed by atoms with E-state index in [-0.39, 0.29) is 29.1 Å². The average Bonchev–Trinajstić information content (AvgIpc) is 3.48. The van der Waals surface area contributed by atoms with Gasteiger partial charge in [0.05, 0.1) is 17.7 Å². The summed E-state index contributed by atoms with van der Waals surface area (Å²) in [5.41, 5.74) is 2.07. The molecule has 3 aromatic carbocycles. The van der Waals surface area contributed by atoms with Gasteiger partial charge in [0, 0.05) is 17.6 Å². The van der Waals surface area contributed by atoms with Crippen molar-refractivity contribution in [2.45, 2.75) is 63.1 Å². The van der Waals surface area contributed by atoms with Crippen LogP contribution in [0.1, 0.15) is 43.7 Å². The maximum atomic E-state index is 14.1. The molecule has 10 heteroatoms. The number of sulfonamides is 1. The van der Waals surface area contributed by atoms with Gasteiger partial charge >= 0.3 is 0 Å². The van der Waals surface area contributed by atoms with Crippen LogP contribution in [0.3, 0.4) is 0 Å². The highest BCUT2D eigenvalue weighted by Gasteiger charge is 2.33. The summed E-state index contributed by atoms with van der Waals surface area (Å²) in [7, 11) is -2.71. The van der Waals surface area contributed by atoms with E-state index in [0.29, 0.717) is 10.8 Å². The van der Waals surface area contributed by atoms with E-state index in [1.54, 1.807) is 37.3 Å². The fourth-order valence-electron chi connectivity index (χ4n) is 4.98. The third-order valence-corrected chi connectivity index (χ3v) is 9.52. The summed E-state index contributed by atoms with van der Waals surface area (Å²) < 4.78 is 34.1. The molecule has 1 aliphatic carbocycles. The quantitative estimate of drug-likeness (QED) is 0.322. The maximum Gasteiger partial charge on any atom is 0.264 e. The lowest BCUT2D eigenvalue weighted by Gasteiger charge is -2.33. The van der Waals surface area contributed by atoms with Crippen molar-refractivity contribution in [2.75, 3.05) is 18.0 Å². The van der Waals surface area contributed by atoms with Gasteiger partial charge in [0.25, 0.3) is 10.0 Å². The van der Waals surface area contributed by atoms with Gasteiger partial charge < -0.3 is 15.0 Å². The van der Waals surface area contributed by atoms with Crippen LogP contribution >= 0.6 is 11.6 Å². The van der Waals surface area contributed by atoms with Crippen LogP contribution in [0.4, 0.5) is 5.69 Å². The van der Waals surface area contributed by atoms with Crippen molar-refractivity contribution in [1.29, 1.82) is 0 Å². The van der Waals surface area contributed by atoms with Gasteiger partial charge in [-0.05, 0) is 80.3 Å². The molecule has 3 aromatic rings. The molecule has 1 fully saturated rings. The Labute approximate surface area is 247 Å². The zero-order chi connectivity index (χ0) is 29.6. The first-order chi connectivity index (χ1) is 19.6. The summed E-state index contributed by atoms with van der Waals surface area (Å²) in [5.74, 6) is -0.272. The summed E-state index contributed by atoms with van der Waals surface area (Å²) in [5, 5.41) is 3.40. The van der Waals surface area contributed by atoms with Crippen LogP contribution < -0.4 is 14.4 Å².